The van der Waals surface area contributed by atoms with Gasteiger partial charge in [0.25, 0.3) is 0 Å². The molecule has 0 saturated heterocycles. The van der Waals surface area contributed by atoms with Gasteiger partial charge >= 0.3 is 11.9 Å². The molecule has 1 rings (SSSR count). The van der Waals surface area contributed by atoms with Gasteiger partial charge in [0.1, 0.15) is 11.3 Å². The van der Waals surface area contributed by atoms with Gasteiger partial charge in [-0.3, -0.25) is 4.79 Å². The first-order valence-electron chi connectivity index (χ1n) is 12.0. The van der Waals surface area contributed by atoms with Gasteiger partial charge in [-0.15, -0.1) is 0 Å². The SMILES string of the molecule is CC/C=C\C/C=C\C/C=C\C/C=C\C/C=C\CCCCSCC(=O)Oc1ccccc1C(=O)O. The lowest BCUT2D eigenvalue weighted by molar-refractivity contribution is -0.131. The Morgan fingerprint density at radius 1 is 0.824 bits per heavy atom. The zero-order valence-electron chi connectivity index (χ0n) is 20.2. The topological polar surface area (TPSA) is 63.6 Å². The maximum Gasteiger partial charge on any atom is 0.339 e. The summed E-state index contributed by atoms with van der Waals surface area (Å²) in [5.41, 5.74) is -0.00193. The predicted octanol–water partition coefficient (Wildman–Crippen LogP) is 7.95. The van der Waals surface area contributed by atoms with Crippen LogP contribution in [0.1, 0.15) is 68.6 Å². The summed E-state index contributed by atoms with van der Waals surface area (Å²) in [4.78, 5) is 23.1. The second-order valence-corrected chi connectivity index (χ2v) is 8.64. The summed E-state index contributed by atoms with van der Waals surface area (Å²) in [5.74, 6) is -0.336. The van der Waals surface area contributed by atoms with Crippen LogP contribution in [-0.4, -0.2) is 28.6 Å². The number of esters is 1. The number of hydrogen-bond acceptors (Lipinski definition) is 4. The lowest BCUT2D eigenvalue weighted by Gasteiger charge is -2.07. The van der Waals surface area contributed by atoms with E-state index >= 15 is 0 Å². The number of aromatic carboxylic acids is 1. The molecule has 0 fully saturated rings. The van der Waals surface area contributed by atoms with Crippen LogP contribution in [-0.2, 0) is 4.79 Å². The standard InChI is InChI=1S/C29H38O4S/c1-2-3-4-5-6-7-8-9-10-11-12-13-14-15-16-17-18-21-24-34-25-28(30)33-27-23-20-19-22-26(27)29(31)32/h3-4,6-7,9-10,12-13,15-16,19-20,22-23H,2,5,8,11,14,17-18,21,24-25H2,1H3,(H,31,32)/b4-3-,7-6-,10-9-,13-12-,16-15-. The van der Waals surface area contributed by atoms with E-state index in [-0.39, 0.29) is 17.1 Å². The largest absolute Gasteiger partial charge is 0.478 e. The van der Waals surface area contributed by atoms with Crippen LogP contribution in [0.25, 0.3) is 0 Å². The Morgan fingerprint density at radius 3 is 1.97 bits per heavy atom. The van der Waals surface area contributed by atoms with Gasteiger partial charge in [0.15, 0.2) is 0 Å². The van der Waals surface area contributed by atoms with Crippen molar-refractivity contribution in [2.75, 3.05) is 11.5 Å². The highest BCUT2D eigenvalue weighted by atomic mass is 32.2. The van der Waals surface area contributed by atoms with E-state index in [0.717, 1.165) is 57.1 Å². The molecule has 0 aliphatic rings. The van der Waals surface area contributed by atoms with Crippen molar-refractivity contribution in [2.45, 2.75) is 58.3 Å². The Balaban J connectivity index is 2.00. The van der Waals surface area contributed by atoms with E-state index in [4.69, 9.17) is 9.84 Å². The number of carbonyl (C=O) groups is 2. The van der Waals surface area contributed by atoms with Crippen molar-refractivity contribution in [1.82, 2.24) is 0 Å². The van der Waals surface area contributed by atoms with Crippen molar-refractivity contribution < 1.29 is 19.4 Å². The number of unbranched alkanes of at least 4 members (excludes halogenated alkanes) is 2. The number of thioether (sulfide) groups is 1. The third-order valence-corrected chi connectivity index (χ3v) is 5.65. The molecule has 5 heteroatoms. The zero-order valence-corrected chi connectivity index (χ0v) is 21.1. The molecule has 1 aromatic carbocycles. The molecule has 1 aromatic rings. The number of allylic oxidation sites excluding steroid dienone is 10. The minimum Gasteiger partial charge on any atom is -0.478 e. The molecule has 0 amide bonds. The van der Waals surface area contributed by atoms with E-state index in [9.17, 15) is 9.59 Å². The van der Waals surface area contributed by atoms with Gasteiger partial charge in [0.2, 0.25) is 0 Å². The first-order chi connectivity index (χ1) is 16.6. The van der Waals surface area contributed by atoms with Gasteiger partial charge in [0, 0.05) is 0 Å². The Kier molecular flexibility index (Phi) is 17.9. The van der Waals surface area contributed by atoms with Crippen molar-refractivity contribution in [3.63, 3.8) is 0 Å². The number of carboxylic acids is 1. The molecule has 184 valence electrons. The molecule has 0 bridgehead atoms. The zero-order chi connectivity index (χ0) is 24.7. The monoisotopic (exact) mass is 482 g/mol. The number of rotatable bonds is 18. The number of carbonyl (C=O) groups excluding carboxylic acids is 1. The Bertz CT molecular complexity index is 849. The molecule has 0 aliphatic heterocycles. The molecule has 4 nitrogen and oxygen atoms in total. The number of ether oxygens (including phenoxy) is 1. The molecular formula is C29H38O4S. The maximum absolute atomic E-state index is 11.9. The molecular weight excluding hydrogens is 444 g/mol. The highest BCUT2D eigenvalue weighted by Gasteiger charge is 2.13. The molecule has 0 spiro atoms. The van der Waals surface area contributed by atoms with Crippen LogP contribution in [0.3, 0.4) is 0 Å². The summed E-state index contributed by atoms with van der Waals surface area (Å²) in [6.07, 6.45) is 30.2. The minimum absolute atomic E-state index is 0.00193. The van der Waals surface area contributed by atoms with Crippen molar-refractivity contribution in [3.8, 4) is 5.75 Å². The molecule has 0 atom stereocenters. The second kappa shape index (κ2) is 20.8. The molecule has 0 saturated carbocycles. The maximum atomic E-state index is 11.9. The molecule has 1 N–H and O–H groups in total. The minimum atomic E-state index is -1.11. The summed E-state index contributed by atoms with van der Waals surface area (Å²) in [5, 5.41) is 9.12. The lowest BCUT2D eigenvalue weighted by Crippen LogP contribution is -2.13. The van der Waals surface area contributed by atoms with E-state index in [2.05, 4.69) is 67.7 Å². The molecule has 0 aromatic heterocycles. The molecule has 0 radical (unpaired) electrons. The number of benzene rings is 1. The molecule has 0 aliphatic carbocycles. The fraction of sp³-hybridized carbons (Fsp3) is 0.379. The summed E-state index contributed by atoms with van der Waals surface area (Å²) in [6.45, 7) is 2.15. The summed E-state index contributed by atoms with van der Waals surface area (Å²) < 4.78 is 5.18. The van der Waals surface area contributed by atoms with Crippen LogP contribution in [0.15, 0.2) is 85.0 Å². The van der Waals surface area contributed by atoms with Crippen LogP contribution < -0.4 is 4.74 Å². The molecule has 34 heavy (non-hydrogen) atoms. The molecule has 0 unspecified atom stereocenters. The van der Waals surface area contributed by atoms with Crippen molar-refractivity contribution in [2.24, 2.45) is 0 Å². The second-order valence-electron chi connectivity index (χ2n) is 7.53. The first kappa shape index (κ1) is 29.2. The average molecular weight is 483 g/mol. The van der Waals surface area contributed by atoms with E-state index in [0.29, 0.717) is 0 Å². The Labute approximate surface area is 209 Å². The third kappa shape index (κ3) is 15.9. The summed E-state index contributed by atoms with van der Waals surface area (Å²) in [6, 6.07) is 6.17. The van der Waals surface area contributed by atoms with Gasteiger partial charge in [-0.2, -0.15) is 11.8 Å². The van der Waals surface area contributed by atoms with Gasteiger partial charge in [0.05, 0.1) is 5.75 Å². The van der Waals surface area contributed by atoms with E-state index in [1.54, 1.807) is 12.1 Å². The van der Waals surface area contributed by atoms with Crippen molar-refractivity contribution >= 4 is 23.7 Å². The van der Waals surface area contributed by atoms with E-state index in [1.165, 1.54) is 23.9 Å². The van der Waals surface area contributed by atoms with Gasteiger partial charge < -0.3 is 9.84 Å². The quantitative estimate of drug-likeness (QED) is 0.0995. The summed E-state index contributed by atoms with van der Waals surface area (Å²) in [7, 11) is 0. The van der Waals surface area contributed by atoms with Crippen LogP contribution in [0.5, 0.6) is 5.75 Å². The van der Waals surface area contributed by atoms with Crippen molar-refractivity contribution in [1.29, 1.82) is 0 Å². The average Bonchev–Trinajstić information content (AvgIpc) is 2.83. The van der Waals surface area contributed by atoms with E-state index < -0.39 is 11.9 Å². The number of para-hydroxylation sites is 1. The Morgan fingerprint density at radius 2 is 1.38 bits per heavy atom. The predicted molar refractivity (Wildman–Crippen MR) is 145 cm³/mol. The van der Waals surface area contributed by atoms with Gasteiger partial charge in [-0.25, -0.2) is 4.79 Å². The molecule has 0 heterocycles. The fourth-order valence-electron chi connectivity index (χ4n) is 2.87. The fourth-order valence-corrected chi connectivity index (χ4v) is 3.65. The first-order valence-corrected chi connectivity index (χ1v) is 13.2. The lowest BCUT2D eigenvalue weighted by atomic mass is 10.2. The highest BCUT2D eigenvalue weighted by Crippen LogP contribution is 2.18. The third-order valence-electron chi connectivity index (χ3n) is 4.63. The van der Waals surface area contributed by atoms with Gasteiger partial charge in [-0.1, -0.05) is 79.8 Å². The Hall–Kier alpha value is -2.79. The van der Waals surface area contributed by atoms with Crippen LogP contribution in [0.2, 0.25) is 0 Å². The summed E-state index contributed by atoms with van der Waals surface area (Å²) >= 11 is 1.51. The smallest absolute Gasteiger partial charge is 0.339 e. The highest BCUT2D eigenvalue weighted by molar-refractivity contribution is 7.99. The van der Waals surface area contributed by atoms with Crippen LogP contribution >= 0.6 is 11.8 Å². The van der Waals surface area contributed by atoms with E-state index in [1.807, 2.05) is 0 Å². The van der Waals surface area contributed by atoms with Crippen molar-refractivity contribution in [3.05, 3.63) is 90.6 Å². The number of carboxylic acid groups (broad SMARTS) is 1. The van der Waals surface area contributed by atoms with Crippen LogP contribution in [0.4, 0.5) is 0 Å². The normalized spacial score (nSPS) is 12.1. The number of hydrogen-bond donors (Lipinski definition) is 1. The van der Waals surface area contributed by atoms with Crippen LogP contribution in [0, 0.1) is 0 Å². The van der Waals surface area contributed by atoms with Gasteiger partial charge in [-0.05, 0) is 69.3 Å².